The summed E-state index contributed by atoms with van der Waals surface area (Å²) in [5.74, 6) is 5.21. The van der Waals surface area contributed by atoms with Gasteiger partial charge in [0, 0.05) is 32.9 Å². The Kier molecular flexibility index (Phi) is 6.20. The third-order valence-corrected chi connectivity index (χ3v) is 13.3. The Morgan fingerprint density at radius 3 is 1.62 bits per heavy atom. The first kappa shape index (κ1) is 29.7. The van der Waals surface area contributed by atoms with Gasteiger partial charge in [0.05, 0.1) is 0 Å². The van der Waals surface area contributed by atoms with Crippen molar-refractivity contribution in [2.24, 2.45) is 23.7 Å². The minimum atomic E-state index is 0.0784. The van der Waals surface area contributed by atoms with Crippen molar-refractivity contribution in [1.29, 1.82) is 0 Å². The average molecular weight is 684 g/mol. The van der Waals surface area contributed by atoms with Gasteiger partial charge in [0.1, 0.15) is 11.2 Å². The van der Waals surface area contributed by atoms with Crippen LogP contribution in [0.5, 0.6) is 0 Å². The lowest BCUT2D eigenvalue weighted by molar-refractivity contribution is -0.0393. The van der Waals surface area contributed by atoms with Crippen LogP contribution in [0.15, 0.2) is 144 Å². The highest BCUT2D eigenvalue weighted by atomic mass is 16.3. The van der Waals surface area contributed by atoms with E-state index in [4.69, 9.17) is 19.4 Å². The Bertz CT molecular complexity index is 2640. The van der Waals surface area contributed by atoms with Crippen molar-refractivity contribution in [1.82, 2.24) is 15.0 Å². The monoisotopic (exact) mass is 683 g/mol. The van der Waals surface area contributed by atoms with E-state index in [2.05, 4.69) is 78.9 Å². The lowest BCUT2D eigenvalue weighted by atomic mass is 9.43. The van der Waals surface area contributed by atoms with Crippen LogP contribution >= 0.6 is 0 Å². The standard InChI is InChI=1S/C49H37N3O/c1-3-9-32(10-4-1)46-50-47(33-11-5-2-6-12-33)52-48(51-46)34-17-15-31(16-18-34)35-19-21-42-40(28-35)44-43(53-42)22-20-39-38-13-7-8-14-41(38)49(45(39)44)36-24-29-23-30(26-36)27-37(49)25-29/h1-22,28-30,36-37H,23-27H2. The van der Waals surface area contributed by atoms with E-state index in [-0.39, 0.29) is 5.41 Å². The van der Waals surface area contributed by atoms with E-state index in [1.807, 2.05) is 60.7 Å². The molecule has 0 amide bonds. The number of rotatable bonds is 4. The van der Waals surface area contributed by atoms with Crippen molar-refractivity contribution in [3.05, 3.63) is 151 Å². The van der Waals surface area contributed by atoms with Crippen LogP contribution in [0.3, 0.4) is 0 Å². The zero-order chi connectivity index (χ0) is 34.7. The predicted molar refractivity (Wildman–Crippen MR) is 212 cm³/mol. The first-order valence-corrected chi connectivity index (χ1v) is 19.3. The molecular weight excluding hydrogens is 647 g/mol. The molecule has 13 rings (SSSR count). The Morgan fingerprint density at radius 1 is 0.453 bits per heavy atom. The molecule has 0 N–H and O–H groups in total. The molecule has 6 aromatic carbocycles. The van der Waals surface area contributed by atoms with Crippen LogP contribution in [0.1, 0.15) is 43.2 Å². The van der Waals surface area contributed by atoms with Gasteiger partial charge in [0.2, 0.25) is 0 Å². The first-order chi connectivity index (χ1) is 26.2. The molecule has 4 heteroatoms. The third kappa shape index (κ3) is 4.27. The van der Waals surface area contributed by atoms with Gasteiger partial charge >= 0.3 is 0 Å². The Morgan fingerprint density at radius 2 is 0.981 bits per heavy atom. The fraction of sp³-hybridized carbons (Fsp3) is 0.204. The molecule has 2 aromatic heterocycles. The van der Waals surface area contributed by atoms with E-state index < -0.39 is 0 Å². The lowest BCUT2D eigenvalue weighted by Crippen LogP contribution is -2.55. The van der Waals surface area contributed by atoms with Gasteiger partial charge in [-0.1, -0.05) is 121 Å². The van der Waals surface area contributed by atoms with Crippen LogP contribution in [0.2, 0.25) is 0 Å². The number of hydrogen-bond acceptors (Lipinski definition) is 4. The molecule has 4 fully saturated rings. The third-order valence-electron chi connectivity index (χ3n) is 13.3. The molecule has 5 aliphatic carbocycles. The molecule has 254 valence electrons. The van der Waals surface area contributed by atoms with Gasteiger partial charge in [-0.2, -0.15) is 0 Å². The molecule has 0 unspecified atom stereocenters. The number of fused-ring (bicyclic) bond motifs is 7. The van der Waals surface area contributed by atoms with E-state index in [1.165, 1.54) is 59.6 Å². The molecule has 5 aliphatic rings. The normalized spacial score (nSPS) is 23.5. The molecule has 0 saturated heterocycles. The maximum absolute atomic E-state index is 6.70. The Hall–Kier alpha value is -5.87. The van der Waals surface area contributed by atoms with Crippen LogP contribution in [-0.2, 0) is 5.41 Å². The van der Waals surface area contributed by atoms with Crippen LogP contribution in [0, 0.1) is 23.7 Å². The number of hydrogen-bond donors (Lipinski definition) is 0. The number of benzene rings is 6. The molecule has 4 saturated carbocycles. The van der Waals surface area contributed by atoms with Crippen molar-refractivity contribution in [3.63, 3.8) is 0 Å². The van der Waals surface area contributed by atoms with E-state index in [0.29, 0.717) is 29.3 Å². The fourth-order valence-corrected chi connectivity index (χ4v) is 11.4. The summed E-state index contributed by atoms with van der Waals surface area (Å²) in [7, 11) is 0. The Balaban J connectivity index is 0.987. The number of aromatic nitrogens is 3. The minimum absolute atomic E-state index is 0.0784. The van der Waals surface area contributed by atoms with Crippen molar-refractivity contribution in [2.45, 2.75) is 37.5 Å². The van der Waals surface area contributed by atoms with E-state index in [9.17, 15) is 0 Å². The quantitative estimate of drug-likeness (QED) is 0.185. The summed E-state index contributed by atoms with van der Waals surface area (Å²) in [5, 5.41) is 2.57. The summed E-state index contributed by atoms with van der Waals surface area (Å²) in [5.41, 5.74) is 13.3. The smallest absolute Gasteiger partial charge is 0.164 e. The SMILES string of the molecule is c1ccc(-c2nc(-c3ccccc3)nc(-c3ccc(-c4ccc5oc6ccc7c(c6c5c4)C4(c5ccccc5-7)C5CC6CC(C5)CC4C6)cc3)n2)cc1. The second kappa shape index (κ2) is 11.1. The summed E-state index contributed by atoms with van der Waals surface area (Å²) in [6.07, 6.45) is 6.92. The first-order valence-electron chi connectivity index (χ1n) is 19.3. The van der Waals surface area contributed by atoms with Gasteiger partial charge in [-0.25, -0.2) is 15.0 Å². The van der Waals surface area contributed by atoms with Crippen LogP contribution in [-0.4, -0.2) is 15.0 Å². The molecule has 2 heterocycles. The van der Waals surface area contributed by atoms with E-state index in [0.717, 1.165) is 45.3 Å². The molecular formula is C49H37N3O. The van der Waals surface area contributed by atoms with Crippen molar-refractivity contribution in [2.75, 3.05) is 0 Å². The van der Waals surface area contributed by atoms with Crippen LogP contribution in [0.4, 0.5) is 0 Å². The Labute approximate surface area is 308 Å². The summed E-state index contributed by atoms with van der Waals surface area (Å²) < 4.78 is 6.70. The molecule has 0 aliphatic heterocycles. The highest BCUT2D eigenvalue weighted by molar-refractivity contribution is 6.12. The number of nitrogens with zero attached hydrogens (tertiary/aromatic N) is 3. The lowest BCUT2D eigenvalue weighted by Gasteiger charge is -2.61. The molecule has 4 nitrogen and oxygen atoms in total. The highest BCUT2D eigenvalue weighted by Crippen LogP contribution is 2.70. The van der Waals surface area contributed by atoms with Gasteiger partial charge in [-0.15, -0.1) is 0 Å². The van der Waals surface area contributed by atoms with Gasteiger partial charge in [-0.3, -0.25) is 0 Å². The molecule has 53 heavy (non-hydrogen) atoms. The fourth-order valence-electron chi connectivity index (χ4n) is 11.4. The molecule has 8 aromatic rings. The highest BCUT2D eigenvalue weighted by Gasteiger charge is 2.62. The molecule has 4 bridgehead atoms. The largest absolute Gasteiger partial charge is 0.456 e. The average Bonchev–Trinajstić information content (AvgIpc) is 3.73. The maximum Gasteiger partial charge on any atom is 0.164 e. The molecule has 0 atom stereocenters. The predicted octanol–water partition coefficient (Wildman–Crippen LogP) is 12.2. The van der Waals surface area contributed by atoms with E-state index >= 15 is 0 Å². The summed E-state index contributed by atoms with van der Waals surface area (Å²) >= 11 is 0. The van der Waals surface area contributed by atoms with Crippen molar-refractivity contribution >= 4 is 21.9 Å². The topological polar surface area (TPSA) is 51.8 Å². The zero-order valence-electron chi connectivity index (χ0n) is 29.4. The minimum Gasteiger partial charge on any atom is -0.456 e. The molecule has 0 radical (unpaired) electrons. The van der Waals surface area contributed by atoms with Crippen LogP contribution < -0.4 is 0 Å². The molecule has 1 spiro atoms. The van der Waals surface area contributed by atoms with Crippen LogP contribution in [0.25, 0.3) is 78.4 Å². The van der Waals surface area contributed by atoms with Gasteiger partial charge in [0.15, 0.2) is 17.5 Å². The number of furan rings is 1. The van der Waals surface area contributed by atoms with Gasteiger partial charge in [-0.05, 0) is 107 Å². The second-order valence-corrected chi connectivity index (χ2v) is 16.0. The van der Waals surface area contributed by atoms with Crippen molar-refractivity contribution in [3.8, 4) is 56.4 Å². The summed E-state index contributed by atoms with van der Waals surface area (Å²) in [6.45, 7) is 0. The maximum atomic E-state index is 6.70. The summed E-state index contributed by atoms with van der Waals surface area (Å²) in [6, 6.07) is 49.7. The van der Waals surface area contributed by atoms with E-state index in [1.54, 1.807) is 11.1 Å². The zero-order valence-corrected chi connectivity index (χ0v) is 29.4. The summed E-state index contributed by atoms with van der Waals surface area (Å²) in [4.78, 5) is 14.8. The second-order valence-electron chi connectivity index (χ2n) is 16.0. The van der Waals surface area contributed by atoms with Crippen molar-refractivity contribution < 1.29 is 4.42 Å². The van der Waals surface area contributed by atoms with Gasteiger partial charge in [0.25, 0.3) is 0 Å². The van der Waals surface area contributed by atoms with Gasteiger partial charge < -0.3 is 4.42 Å².